The molecule has 3 aromatic carbocycles. The van der Waals surface area contributed by atoms with Crippen LogP contribution in [0.3, 0.4) is 0 Å². The third-order valence-corrected chi connectivity index (χ3v) is 6.72. The predicted octanol–water partition coefficient (Wildman–Crippen LogP) is 5.99. The van der Waals surface area contributed by atoms with E-state index in [0.717, 1.165) is 21.3 Å². The van der Waals surface area contributed by atoms with Crippen molar-refractivity contribution in [1.29, 1.82) is 0 Å². The van der Waals surface area contributed by atoms with Gasteiger partial charge in [-0.05, 0) is 29.1 Å². The van der Waals surface area contributed by atoms with Crippen LogP contribution in [0.4, 0.5) is 0 Å². The summed E-state index contributed by atoms with van der Waals surface area (Å²) in [5.74, 6) is 0. The number of hydrogen-bond acceptors (Lipinski definition) is 3. The molecule has 0 fully saturated rings. The Morgan fingerprint density at radius 2 is 1.50 bits per heavy atom. The number of hydrogen-bond donors (Lipinski definition) is 0. The van der Waals surface area contributed by atoms with Crippen molar-refractivity contribution in [1.82, 2.24) is 19.2 Å². The van der Waals surface area contributed by atoms with Crippen molar-refractivity contribution in [2.24, 2.45) is 0 Å². The minimum atomic E-state index is 0. The van der Waals surface area contributed by atoms with Crippen LogP contribution in [-0.2, 0) is 20.1 Å². The van der Waals surface area contributed by atoms with Crippen molar-refractivity contribution in [3.8, 4) is 5.00 Å². The van der Waals surface area contributed by atoms with Crippen LogP contribution in [0.15, 0.2) is 79.1 Å². The molecule has 4 heterocycles. The Balaban J connectivity index is 0.00000175. The normalized spacial score (nSPS) is 11.7. The summed E-state index contributed by atoms with van der Waals surface area (Å²) in [6.07, 6.45) is 1.62. The maximum atomic E-state index is 4.55. The molecule has 30 heavy (non-hydrogen) atoms. The van der Waals surface area contributed by atoms with E-state index in [1.54, 1.807) is 17.7 Å². The van der Waals surface area contributed by atoms with Gasteiger partial charge in [0, 0.05) is 30.9 Å². The molecule has 1 radical (unpaired) electrons. The first-order chi connectivity index (χ1) is 14.4. The summed E-state index contributed by atoms with van der Waals surface area (Å²) in [4.78, 5) is 4.55. The van der Waals surface area contributed by atoms with Gasteiger partial charge in [0.15, 0.2) is 5.65 Å². The van der Waals surface area contributed by atoms with Crippen LogP contribution in [0.2, 0.25) is 0 Å². The smallest absolute Gasteiger partial charge is 0.170 e. The first kappa shape index (κ1) is 17.8. The van der Waals surface area contributed by atoms with Gasteiger partial charge < -0.3 is 4.57 Å². The standard InChI is InChI=1S/C24H13N4S.Ir/c1-4-10-19-15(7-1)16-8-2-5-11-20(16)27(19)22-13-18-17-9-3-6-12-21(17)28-24(23(18)29-22)25-14-26-28;/h1-11,13-14H;/q-1;. The van der Waals surface area contributed by atoms with E-state index in [2.05, 4.69) is 81.4 Å². The van der Waals surface area contributed by atoms with Crippen molar-refractivity contribution >= 4 is 59.8 Å². The molecule has 0 amide bonds. The zero-order valence-corrected chi connectivity index (χ0v) is 18.7. The molecule has 4 nitrogen and oxygen atoms in total. The molecule has 0 aliphatic heterocycles. The molecule has 0 aliphatic rings. The van der Waals surface area contributed by atoms with E-state index in [0.29, 0.717) is 0 Å². The summed E-state index contributed by atoms with van der Waals surface area (Å²) in [7, 11) is 0. The van der Waals surface area contributed by atoms with Crippen molar-refractivity contribution < 1.29 is 20.1 Å². The summed E-state index contributed by atoms with van der Waals surface area (Å²) < 4.78 is 5.40. The van der Waals surface area contributed by atoms with Gasteiger partial charge in [-0.25, -0.2) is 9.50 Å². The molecular weight excluding hydrogens is 569 g/mol. The Morgan fingerprint density at radius 1 is 0.800 bits per heavy atom. The number of pyridine rings is 1. The summed E-state index contributed by atoms with van der Waals surface area (Å²) in [5.41, 5.74) is 4.27. The number of nitrogens with zero attached hydrogens (tertiary/aromatic N) is 4. The van der Waals surface area contributed by atoms with Gasteiger partial charge in [0.2, 0.25) is 0 Å². The molecule has 4 aromatic heterocycles. The van der Waals surface area contributed by atoms with Gasteiger partial charge in [-0.3, -0.25) is 0 Å². The van der Waals surface area contributed by atoms with E-state index in [9.17, 15) is 0 Å². The number of aromatic nitrogens is 4. The van der Waals surface area contributed by atoms with Gasteiger partial charge in [0.25, 0.3) is 0 Å². The molecule has 7 aromatic rings. The van der Waals surface area contributed by atoms with E-state index in [1.165, 1.54) is 32.2 Å². The fourth-order valence-corrected chi connectivity index (χ4v) is 5.58. The Kier molecular flexibility index (Phi) is 3.84. The molecule has 7 rings (SSSR count). The van der Waals surface area contributed by atoms with Crippen LogP contribution in [-0.4, -0.2) is 19.2 Å². The van der Waals surface area contributed by atoms with Gasteiger partial charge >= 0.3 is 0 Å². The molecule has 0 N–H and O–H groups in total. The Labute approximate surface area is 188 Å². The van der Waals surface area contributed by atoms with Crippen molar-refractivity contribution in [2.75, 3.05) is 0 Å². The van der Waals surface area contributed by atoms with Crippen LogP contribution in [0.25, 0.3) is 53.4 Å². The third-order valence-electron chi connectivity index (χ3n) is 5.61. The zero-order chi connectivity index (χ0) is 18.9. The molecule has 0 aliphatic carbocycles. The molecule has 0 saturated heterocycles. The maximum absolute atomic E-state index is 4.55. The fraction of sp³-hybridized carbons (Fsp3) is 0. The minimum Gasteiger partial charge on any atom is -0.301 e. The van der Waals surface area contributed by atoms with Gasteiger partial charge in [0.1, 0.15) is 11.3 Å². The molecular formula is C24H13IrN4S-. The van der Waals surface area contributed by atoms with Crippen LogP contribution >= 0.6 is 11.3 Å². The second-order valence-electron chi connectivity index (χ2n) is 7.12. The minimum absolute atomic E-state index is 0. The molecule has 0 bridgehead atoms. The monoisotopic (exact) mass is 582 g/mol. The summed E-state index contributed by atoms with van der Waals surface area (Å²) in [6, 6.07) is 28.9. The Hall–Kier alpha value is -3.05. The van der Waals surface area contributed by atoms with Gasteiger partial charge in [-0.1, -0.05) is 36.4 Å². The maximum Gasteiger partial charge on any atom is 0.170 e. The average molecular weight is 582 g/mol. The number of rotatable bonds is 1. The molecule has 0 saturated carbocycles. The third kappa shape index (κ3) is 2.24. The van der Waals surface area contributed by atoms with E-state index in [-0.39, 0.29) is 20.1 Å². The summed E-state index contributed by atoms with van der Waals surface area (Å²) >= 11 is 1.76. The Morgan fingerprint density at radius 3 is 2.27 bits per heavy atom. The van der Waals surface area contributed by atoms with E-state index >= 15 is 0 Å². The quantitative estimate of drug-likeness (QED) is 0.223. The summed E-state index contributed by atoms with van der Waals surface area (Å²) in [6.45, 7) is 0. The number of benzene rings is 3. The summed E-state index contributed by atoms with van der Waals surface area (Å²) in [5, 5.41) is 10.5. The van der Waals surface area contributed by atoms with E-state index in [1.807, 2.05) is 16.6 Å². The van der Waals surface area contributed by atoms with Crippen LogP contribution in [0.5, 0.6) is 0 Å². The largest absolute Gasteiger partial charge is 0.301 e. The predicted molar refractivity (Wildman–Crippen MR) is 119 cm³/mol. The van der Waals surface area contributed by atoms with E-state index < -0.39 is 0 Å². The Bertz CT molecular complexity index is 1670. The topological polar surface area (TPSA) is 35.1 Å². The average Bonchev–Trinajstić information content (AvgIpc) is 3.49. The molecule has 145 valence electrons. The van der Waals surface area contributed by atoms with Gasteiger partial charge in [-0.2, -0.15) is 29.4 Å². The van der Waals surface area contributed by atoms with Crippen LogP contribution in [0.1, 0.15) is 0 Å². The van der Waals surface area contributed by atoms with Gasteiger partial charge in [-0.15, -0.1) is 16.7 Å². The number of fused-ring (bicyclic) bond motifs is 9. The van der Waals surface area contributed by atoms with Crippen molar-refractivity contribution in [2.45, 2.75) is 0 Å². The molecule has 0 spiro atoms. The first-order valence-corrected chi connectivity index (χ1v) is 10.3. The van der Waals surface area contributed by atoms with Gasteiger partial charge in [0.05, 0.1) is 15.7 Å². The number of para-hydroxylation sites is 3. The first-order valence-electron chi connectivity index (χ1n) is 9.44. The molecule has 6 heteroatoms. The molecule has 0 atom stereocenters. The SMILES string of the molecule is [Ir].[c-]1cccc2c3cc(-n4c5ccccc5c5ccccc54)sc3c3ncnn3c12. The zero-order valence-electron chi connectivity index (χ0n) is 15.5. The molecule has 0 unspecified atom stereocenters. The van der Waals surface area contributed by atoms with Crippen LogP contribution < -0.4 is 0 Å². The second-order valence-corrected chi connectivity index (χ2v) is 8.16. The second kappa shape index (κ2) is 6.47. The van der Waals surface area contributed by atoms with E-state index in [4.69, 9.17) is 0 Å². The fourth-order valence-electron chi connectivity index (χ4n) is 4.39. The number of thiophene rings is 1. The van der Waals surface area contributed by atoms with Crippen LogP contribution in [0, 0.1) is 6.07 Å². The van der Waals surface area contributed by atoms with Crippen molar-refractivity contribution in [3.63, 3.8) is 0 Å². The van der Waals surface area contributed by atoms with Crippen molar-refractivity contribution in [3.05, 3.63) is 85.2 Å².